The van der Waals surface area contributed by atoms with Gasteiger partial charge in [-0.3, -0.25) is 0 Å². The van der Waals surface area contributed by atoms with Crippen molar-refractivity contribution in [2.45, 2.75) is 19.9 Å². The van der Waals surface area contributed by atoms with Crippen LogP contribution < -0.4 is 15.4 Å². The summed E-state index contributed by atoms with van der Waals surface area (Å²) >= 11 is 1.62. The van der Waals surface area contributed by atoms with Gasteiger partial charge in [0.25, 0.3) is 0 Å². The SMILES string of the molecule is CCCNCc1csc(Nc2ccc(Oc3ccccc3)cc2)n1. The zero-order chi connectivity index (χ0) is 16.6. The number of aromatic nitrogens is 1. The number of thiazole rings is 1. The Morgan fingerprint density at radius 3 is 2.50 bits per heavy atom. The normalized spacial score (nSPS) is 10.5. The Hall–Kier alpha value is -2.37. The van der Waals surface area contributed by atoms with E-state index in [0.717, 1.165) is 47.5 Å². The van der Waals surface area contributed by atoms with Crippen molar-refractivity contribution in [2.24, 2.45) is 0 Å². The van der Waals surface area contributed by atoms with E-state index in [1.165, 1.54) is 0 Å². The first-order valence-corrected chi connectivity index (χ1v) is 8.96. The van der Waals surface area contributed by atoms with Crippen LogP contribution in [0.2, 0.25) is 0 Å². The highest BCUT2D eigenvalue weighted by Crippen LogP contribution is 2.25. The highest BCUT2D eigenvalue weighted by atomic mass is 32.1. The number of benzene rings is 2. The highest BCUT2D eigenvalue weighted by molar-refractivity contribution is 7.13. The minimum absolute atomic E-state index is 0.815. The number of hydrogen-bond donors (Lipinski definition) is 2. The zero-order valence-corrected chi connectivity index (χ0v) is 14.5. The molecule has 3 rings (SSSR count). The van der Waals surface area contributed by atoms with Crippen molar-refractivity contribution in [3.63, 3.8) is 0 Å². The molecule has 1 aromatic heterocycles. The summed E-state index contributed by atoms with van der Waals surface area (Å²) in [7, 11) is 0. The van der Waals surface area contributed by atoms with Gasteiger partial charge in [-0.2, -0.15) is 0 Å². The molecule has 0 aliphatic rings. The van der Waals surface area contributed by atoms with E-state index in [1.807, 2.05) is 54.6 Å². The molecule has 2 N–H and O–H groups in total. The molecule has 0 amide bonds. The fraction of sp³-hybridized carbons (Fsp3) is 0.211. The average molecular weight is 339 g/mol. The van der Waals surface area contributed by atoms with Crippen LogP contribution in [0.4, 0.5) is 10.8 Å². The van der Waals surface area contributed by atoms with Crippen LogP contribution in [0.1, 0.15) is 19.0 Å². The third-order valence-corrected chi connectivity index (χ3v) is 4.18. The summed E-state index contributed by atoms with van der Waals surface area (Å²) in [6, 6.07) is 17.7. The van der Waals surface area contributed by atoms with E-state index in [2.05, 4.69) is 27.9 Å². The predicted octanol–water partition coefficient (Wildman–Crippen LogP) is 5.18. The van der Waals surface area contributed by atoms with Gasteiger partial charge in [-0.15, -0.1) is 11.3 Å². The molecule has 2 aromatic carbocycles. The lowest BCUT2D eigenvalue weighted by Gasteiger charge is -2.07. The van der Waals surface area contributed by atoms with Crippen molar-refractivity contribution < 1.29 is 4.74 Å². The molecule has 0 saturated carbocycles. The summed E-state index contributed by atoms with van der Waals surface area (Å²) in [6.45, 7) is 3.99. The van der Waals surface area contributed by atoms with Crippen LogP contribution in [0.5, 0.6) is 11.5 Å². The van der Waals surface area contributed by atoms with Gasteiger partial charge in [0.05, 0.1) is 5.69 Å². The van der Waals surface area contributed by atoms with Gasteiger partial charge in [0.2, 0.25) is 0 Å². The third kappa shape index (κ3) is 4.81. The fourth-order valence-electron chi connectivity index (χ4n) is 2.19. The summed E-state index contributed by atoms with van der Waals surface area (Å²) in [5.41, 5.74) is 2.07. The number of nitrogens with one attached hydrogen (secondary N) is 2. The second-order valence-electron chi connectivity index (χ2n) is 5.39. The molecule has 3 aromatic rings. The second kappa shape index (κ2) is 8.47. The van der Waals surface area contributed by atoms with E-state index < -0.39 is 0 Å². The molecule has 24 heavy (non-hydrogen) atoms. The Morgan fingerprint density at radius 2 is 1.75 bits per heavy atom. The molecule has 0 spiro atoms. The standard InChI is InChI=1S/C19H21N3OS/c1-2-12-20-13-16-14-24-19(22-16)21-15-8-10-18(11-9-15)23-17-6-4-3-5-7-17/h3-11,14,20H,2,12-13H2,1H3,(H,21,22). The van der Waals surface area contributed by atoms with Crippen LogP contribution in [0.25, 0.3) is 0 Å². The number of para-hydroxylation sites is 1. The van der Waals surface area contributed by atoms with E-state index in [0.29, 0.717) is 0 Å². The number of rotatable bonds is 8. The number of nitrogens with zero attached hydrogens (tertiary/aromatic N) is 1. The van der Waals surface area contributed by atoms with E-state index in [1.54, 1.807) is 11.3 Å². The minimum atomic E-state index is 0.815. The highest BCUT2D eigenvalue weighted by Gasteiger charge is 2.03. The third-order valence-electron chi connectivity index (χ3n) is 3.37. The molecule has 0 atom stereocenters. The summed E-state index contributed by atoms with van der Waals surface area (Å²) < 4.78 is 5.79. The van der Waals surface area contributed by atoms with E-state index in [9.17, 15) is 0 Å². The molecule has 0 radical (unpaired) electrons. The van der Waals surface area contributed by atoms with Gasteiger partial charge >= 0.3 is 0 Å². The first-order chi connectivity index (χ1) is 11.8. The fourth-order valence-corrected chi connectivity index (χ4v) is 2.92. The van der Waals surface area contributed by atoms with Gasteiger partial charge in [0, 0.05) is 17.6 Å². The predicted molar refractivity (Wildman–Crippen MR) is 100 cm³/mol. The number of hydrogen-bond acceptors (Lipinski definition) is 5. The largest absolute Gasteiger partial charge is 0.457 e. The van der Waals surface area contributed by atoms with Crippen molar-refractivity contribution >= 4 is 22.2 Å². The van der Waals surface area contributed by atoms with Crippen LogP contribution in [-0.2, 0) is 6.54 Å². The van der Waals surface area contributed by atoms with Gasteiger partial charge in [0.1, 0.15) is 11.5 Å². The van der Waals surface area contributed by atoms with Gasteiger partial charge in [-0.25, -0.2) is 4.98 Å². The van der Waals surface area contributed by atoms with Crippen LogP contribution in [-0.4, -0.2) is 11.5 Å². The molecule has 0 aliphatic heterocycles. The quantitative estimate of drug-likeness (QED) is 0.555. The molecule has 0 aliphatic carbocycles. The summed E-state index contributed by atoms with van der Waals surface area (Å²) in [5.74, 6) is 1.65. The first kappa shape index (κ1) is 16.5. The van der Waals surface area contributed by atoms with Crippen molar-refractivity contribution in [1.82, 2.24) is 10.3 Å². The molecule has 0 fully saturated rings. The lowest BCUT2D eigenvalue weighted by atomic mass is 10.3. The monoisotopic (exact) mass is 339 g/mol. The van der Waals surface area contributed by atoms with E-state index >= 15 is 0 Å². The summed E-state index contributed by atoms with van der Waals surface area (Å²) in [6.07, 6.45) is 1.13. The molecule has 0 saturated heterocycles. The van der Waals surface area contributed by atoms with Gasteiger partial charge in [-0.1, -0.05) is 25.1 Å². The number of ether oxygens (including phenoxy) is 1. The van der Waals surface area contributed by atoms with Crippen molar-refractivity contribution in [3.05, 3.63) is 65.7 Å². The molecule has 1 heterocycles. The summed E-state index contributed by atoms with van der Waals surface area (Å²) in [4.78, 5) is 4.58. The van der Waals surface area contributed by atoms with Crippen LogP contribution >= 0.6 is 11.3 Å². The Labute approximate surface area is 146 Å². The average Bonchev–Trinajstić information content (AvgIpc) is 3.05. The van der Waals surface area contributed by atoms with E-state index in [-0.39, 0.29) is 0 Å². The molecule has 5 heteroatoms. The number of anilines is 2. The topological polar surface area (TPSA) is 46.2 Å². The lowest BCUT2D eigenvalue weighted by Crippen LogP contribution is -2.13. The molecular weight excluding hydrogens is 318 g/mol. The summed E-state index contributed by atoms with van der Waals surface area (Å²) in [5, 5.41) is 9.67. The Morgan fingerprint density at radius 1 is 1.00 bits per heavy atom. The van der Waals surface area contributed by atoms with Crippen molar-refractivity contribution in [3.8, 4) is 11.5 Å². The molecular formula is C19H21N3OS. The Bertz CT molecular complexity index is 741. The maximum Gasteiger partial charge on any atom is 0.187 e. The van der Waals surface area contributed by atoms with Gasteiger partial charge < -0.3 is 15.4 Å². The maximum atomic E-state index is 5.79. The van der Waals surface area contributed by atoms with Crippen LogP contribution in [0.3, 0.4) is 0 Å². The minimum Gasteiger partial charge on any atom is -0.457 e. The Balaban J connectivity index is 1.56. The molecule has 124 valence electrons. The maximum absolute atomic E-state index is 5.79. The second-order valence-corrected chi connectivity index (χ2v) is 6.24. The van der Waals surface area contributed by atoms with Gasteiger partial charge in [-0.05, 0) is 49.4 Å². The first-order valence-electron chi connectivity index (χ1n) is 8.08. The zero-order valence-electron chi connectivity index (χ0n) is 13.7. The van der Waals surface area contributed by atoms with Crippen molar-refractivity contribution in [2.75, 3.05) is 11.9 Å². The smallest absolute Gasteiger partial charge is 0.187 e. The van der Waals surface area contributed by atoms with E-state index in [4.69, 9.17) is 4.74 Å². The molecule has 0 bridgehead atoms. The molecule has 0 unspecified atom stereocenters. The Kier molecular flexibility index (Phi) is 5.82. The van der Waals surface area contributed by atoms with Gasteiger partial charge in [0.15, 0.2) is 5.13 Å². The molecule has 4 nitrogen and oxygen atoms in total. The van der Waals surface area contributed by atoms with Crippen LogP contribution in [0.15, 0.2) is 60.0 Å². The van der Waals surface area contributed by atoms with Crippen molar-refractivity contribution in [1.29, 1.82) is 0 Å². The lowest BCUT2D eigenvalue weighted by molar-refractivity contribution is 0.483. The van der Waals surface area contributed by atoms with Crippen LogP contribution in [0, 0.1) is 0 Å².